The van der Waals surface area contributed by atoms with Crippen molar-refractivity contribution in [3.05, 3.63) is 42.0 Å². The summed E-state index contributed by atoms with van der Waals surface area (Å²) in [6, 6.07) is 9.64. The molecule has 12 nitrogen and oxygen atoms in total. The highest BCUT2D eigenvalue weighted by molar-refractivity contribution is 5.90. The third-order valence-corrected chi connectivity index (χ3v) is 8.54. The van der Waals surface area contributed by atoms with E-state index in [1.807, 2.05) is 6.92 Å². The Hall–Kier alpha value is -4.19. The molecule has 2 aromatic carbocycles. The molecule has 3 atom stereocenters. The van der Waals surface area contributed by atoms with Gasteiger partial charge in [-0.05, 0) is 50.1 Å². The fourth-order valence-electron chi connectivity index (χ4n) is 5.87. The quantitative estimate of drug-likeness (QED) is 0.369. The molecule has 0 unspecified atom stereocenters. The molecule has 4 N–H and O–H groups in total. The number of nitrogens with zero attached hydrogens (tertiary/aromatic N) is 2. The number of urea groups is 2. The molecule has 5 rings (SSSR count). The second-order valence-corrected chi connectivity index (χ2v) is 12.0. The van der Waals surface area contributed by atoms with E-state index < -0.39 is 12.1 Å². The SMILES string of the molecule is C[C@H]1CN([C@@H](C)CO)C(=O)Cc2cc(NC(=O)NC3CCCCC3)ccc2O[C@@H]1CN(C)C(=O)Nc1ccc2c(c1)OCO2. The van der Waals surface area contributed by atoms with Gasteiger partial charge >= 0.3 is 12.1 Å². The molecule has 0 bridgehead atoms. The maximum absolute atomic E-state index is 13.5. The summed E-state index contributed by atoms with van der Waals surface area (Å²) in [5.41, 5.74) is 1.74. The van der Waals surface area contributed by atoms with Crippen molar-refractivity contribution in [3.63, 3.8) is 0 Å². The summed E-state index contributed by atoms with van der Waals surface area (Å²) in [7, 11) is 1.68. The number of nitrogens with one attached hydrogen (secondary N) is 3. The van der Waals surface area contributed by atoms with E-state index in [4.69, 9.17) is 14.2 Å². The lowest BCUT2D eigenvalue weighted by molar-refractivity contribution is -0.134. The van der Waals surface area contributed by atoms with Crippen LogP contribution in [-0.4, -0.2) is 84.6 Å². The number of carbonyl (C=O) groups excluding carboxylic acids is 3. The van der Waals surface area contributed by atoms with Gasteiger partial charge in [0.1, 0.15) is 11.9 Å². The number of fused-ring (bicyclic) bond motifs is 2. The summed E-state index contributed by atoms with van der Waals surface area (Å²) in [6.07, 6.45) is 4.93. The van der Waals surface area contributed by atoms with Gasteiger partial charge in [0.2, 0.25) is 12.7 Å². The van der Waals surface area contributed by atoms with E-state index in [0.717, 1.165) is 25.7 Å². The second kappa shape index (κ2) is 14.1. The van der Waals surface area contributed by atoms with Crippen LogP contribution in [0, 0.1) is 5.92 Å². The number of anilines is 2. The summed E-state index contributed by atoms with van der Waals surface area (Å²) in [6.45, 7) is 4.30. The molecular weight excluding hydrogens is 566 g/mol. The van der Waals surface area contributed by atoms with Crippen LogP contribution in [0.1, 0.15) is 51.5 Å². The van der Waals surface area contributed by atoms with Crippen molar-refractivity contribution in [1.82, 2.24) is 15.1 Å². The van der Waals surface area contributed by atoms with Crippen molar-refractivity contribution in [2.45, 2.75) is 70.6 Å². The monoisotopic (exact) mass is 609 g/mol. The third-order valence-electron chi connectivity index (χ3n) is 8.54. The molecular formula is C32H43N5O7. The van der Waals surface area contributed by atoms with Crippen LogP contribution in [0.4, 0.5) is 21.0 Å². The van der Waals surface area contributed by atoms with Gasteiger partial charge in [-0.15, -0.1) is 0 Å². The van der Waals surface area contributed by atoms with Crippen LogP contribution in [0.2, 0.25) is 0 Å². The van der Waals surface area contributed by atoms with Crippen molar-refractivity contribution in [2.75, 3.05) is 44.2 Å². The molecule has 1 fully saturated rings. The molecule has 2 heterocycles. The number of carbonyl (C=O) groups is 3. The first-order valence-electron chi connectivity index (χ1n) is 15.4. The zero-order valence-corrected chi connectivity index (χ0v) is 25.6. The minimum Gasteiger partial charge on any atom is -0.488 e. The molecule has 44 heavy (non-hydrogen) atoms. The number of ether oxygens (including phenoxy) is 3. The summed E-state index contributed by atoms with van der Waals surface area (Å²) >= 11 is 0. The van der Waals surface area contributed by atoms with Gasteiger partial charge < -0.3 is 45.1 Å². The average Bonchev–Trinajstić information content (AvgIpc) is 3.49. The average molecular weight is 610 g/mol. The molecule has 0 radical (unpaired) electrons. The lowest BCUT2D eigenvalue weighted by Gasteiger charge is -2.34. The van der Waals surface area contributed by atoms with Crippen molar-refractivity contribution in [1.29, 1.82) is 0 Å². The predicted molar refractivity (Wildman–Crippen MR) is 165 cm³/mol. The van der Waals surface area contributed by atoms with E-state index in [2.05, 4.69) is 16.0 Å². The Balaban J connectivity index is 1.32. The maximum atomic E-state index is 13.5. The first-order chi connectivity index (χ1) is 21.2. The minimum atomic E-state index is -0.478. The van der Waals surface area contributed by atoms with E-state index >= 15 is 0 Å². The molecule has 0 aromatic heterocycles. The largest absolute Gasteiger partial charge is 0.488 e. The molecule has 238 valence electrons. The Morgan fingerprint density at radius 2 is 1.73 bits per heavy atom. The van der Waals surface area contributed by atoms with E-state index in [9.17, 15) is 19.5 Å². The molecule has 1 saturated carbocycles. The fourth-order valence-corrected chi connectivity index (χ4v) is 5.87. The van der Waals surface area contributed by atoms with Crippen LogP contribution in [0.5, 0.6) is 17.2 Å². The lowest BCUT2D eigenvalue weighted by atomic mass is 9.96. The number of aliphatic hydroxyl groups is 1. The number of benzene rings is 2. The summed E-state index contributed by atoms with van der Waals surface area (Å²) in [4.78, 5) is 42.6. The molecule has 5 amide bonds. The first kappa shape index (κ1) is 31.2. The van der Waals surface area contributed by atoms with Gasteiger partial charge in [-0.25, -0.2) is 9.59 Å². The van der Waals surface area contributed by atoms with Crippen molar-refractivity contribution in [2.24, 2.45) is 5.92 Å². The van der Waals surface area contributed by atoms with Crippen LogP contribution < -0.4 is 30.2 Å². The second-order valence-electron chi connectivity index (χ2n) is 12.0. The molecule has 2 aliphatic heterocycles. The zero-order chi connectivity index (χ0) is 31.2. The lowest BCUT2D eigenvalue weighted by Crippen LogP contribution is -2.48. The maximum Gasteiger partial charge on any atom is 0.321 e. The predicted octanol–water partition coefficient (Wildman–Crippen LogP) is 4.18. The highest BCUT2D eigenvalue weighted by Gasteiger charge is 2.32. The van der Waals surface area contributed by atoms with E-state index in [-0.39, 0.29) is 56.3 Å². The van der Waals surface area contributed by atoms with Crippen LogP contribution in [-0.2, 0) is 11.2 Å². The van der Waals surface area contributed by atoms with Crippen molar-refractivity contribution >= 4 is 29.3 Å². The summed E-state index contributed by atoms with van der Waals surface area (Å²) < 4.78 is 17.3. The van der Waals surface area contributed by atoms with Crippen molar-refractivity contribution < 1.29 is 33.7 Å². The van der Waals surface area contributed by atoms with Crippen molar-refractivity contribution in [3.8, 4) is 17.2 Å². The molecule has 2 aromatic rings. The van der Waals surface area contributed by atoms with Gasteiger partial charge in [0, 0.05) is 48.6 Å². The van der Waals surface area contributed by atoms with E-state index in [1.54, 1.807) is 55.3 Å². The van der Waals surface area contributed by atoms with Crippen LogP contribution >= 0.6 is 0 Å². The number of aliphatic hydroxyl groups excluding tert-OH is 1. The van der Waals surface area contributed by atoms with Crippen LogP contribution in [0.15, 0.2) is 36.4 Å². The highest BCUT2D eigenvalue weighted by Crippen LogP contribution is 2.34. The Labute approximate surface area is 258 Å². The molecule has 0 saturated heterocycles. The molecule has 3 aliphatic rings. The van der Waals surface area contributed by atoms with E-state index in [1.165, 1.54) is 11.3 Å². The van der Waals surface area contributed by atoms with Gasteiger partial charge in [0.15, 0.2) is 11.5 Å². The third kappa shape index (κ3) is 7.65. The number of amides is 5. The normalized spacial score (nSPS) is 20.7. The highest BCUT2D eigenvalue weighted by atomic mass is 16.7. The van der Waals surface area contributed by atoms with Gasteiger partial charge in [-0.2, -0.15) is 0 Å². The van der Waals surface area contributed by atoms with E-state index in [0.29, 0.717) is 40.7 Å². The van der Waals surface area contributed by atoms with Gasteiger partial charge in [-0.1, -0.05) is 26.2 Å². The summed E-state index contributed by atoms with van der Waals surface area (Å²) in [5.74, 6) is 1.37. The molecule has 0 spiro atoms. The Morgan fingerprint density at radius 1 is 1.02 bits per heavy atom. The number of hydrogen-bond donors (Lipinski definition) is 4. The number of hydrogen-bond acceptors (Lipinski definition) is 7. The van der Waals surface area contributed by atoms with Gasteiger partial charge in [-0.3, -0.25) is 4.79 Å². The Morgan fingerprint density at radius 3 is 2.48 bits per heavy atom. The Bertz CT molecular complexity index is 1350. The van der Waals surface area contributed by atoms with Gasteiger partial charge in [0.25, 0.3) is 0 Å². The molecule has 1 aliphatic carbocycles. The molecule has 12 heteroatoms. The van der Waals surface area contributed by atoms with Crippen LogP contribution in [0.3, 0.4) is 0 Å². The van der Waals surface area contributed by atoms with Gasteiger partial charge in [0.05, 0.1) is 25.6 Å². The number of rotatable bonds is 7. The van der Waals surface area contributed by atoms with Crippen LogP contribution in [0.25, 0.3) is 0 Å². The standard InChI is InChI=1S/C32H43N5O7/c1-20-16-37(21(2)18-38)30(39)14-22-13-24(34-31(40)33-23-7-5-4-6-8-23)9-11-26(22)44-29(20)17-36(3)32(41)35-25-10-12-27-28(15-25)43-19-42-27/h9-13,15,20-21,23,29,38H,4-8,14,16-19H2,1-3H3,(H,35,41)(H2,33,34,40)/t20-,21-,29+/m0/s1. The zero-order valence-electron chi connectivity index (χ0n) is 25.6. The first-order valence-corrected chi connectivity index (χ1v) is 15.4. The Kier molecular flexibility index (Phi) is 9.99. The number of likely N-dealkylation sites (N-methyl/N-ethyl adjacent to an activating group) is 1. The summed E-state index contributed by atoms with van der Waals surface area (Å²) in [5, 5.41) is 18.8. The smallest absolute Gasteiger partial charge is 0.321 e. The fraction of sp³-hybridized carbons (Fsp3) is 0.531. The minimum absolute atomic E-state index is 0.0410. The topological polar surface area (TPSA) is 142 Å².